The number of pyridine rings is 1. The fourth-order valence-electron chi connectivity index (χ4n) is 1.63. The molecule has 68 valence electrons. The van der Waals surface area contributed by atoms with Gasteiger partial charge in [-0.05, 0) is 24.1 Å². The van der Waals surface area contributed by atoms with Gasteiger partial charge in [-0.1, -0.05) is 19.1 Å². The number of hydrogen-bond donors (Lipinski definition) is 0. The molecule has 14 heavy (non-hydrogen) atoms. The topological polar surface area (TPSA) is 36.7 Å². The molecular weight excluding hydrogens is 172 g/mol. The first-order valence-corrected chi connectivity index (χ1v) is 4.63. The van der Waals surface area contributed by atoms with E-state index in [9.17, 15) is 0 Å². The van der Waals surface area contributed by atoms with E-state index in [0.29, 0.717) is 5.56 Å². The van der Waals surface area contributed by atoms with Gasteiger partial charge in [-0.15, -0.1) is 0 Å². The Balaban J connectivity index is 2.87. The minimum absolute atomic E-state index is 0.651. The van der Waals surface area contributed by atoms with Crippen molar-refractivity contribution in [3.05, 3.63) is 41.6 Å². The molecule has 1 aromatic carbocycles. The molecule has 0 aliphatic heterocycles. The molecule has 0 saturated heterocycles. The van der Waals surface area contributed by atoms with Crippen molar-refractivity contribution in [2.75, 3.05) is 0 Å². The summed E-state index contributed by atoms with van der Waals surface area (Å²) in [5, 5.41) is 10.0. The summed E-state index contributed by atoms with van der Waals surface area (Å²) in [4.78, 5) is 4.24. The summed E-state index contributed by atoms with van der Waals surface area (Å²) < 4.78 is 0. The maximum Gasteiger partial charge on any atom is 0.101 e. The number of aromatic nitrogens is 1. The van der Waals surface area contributed by atoms with Gasteiger partial charge in [-0.3, -0.25) is 4.98 Å². The molecule has 0 aliphatic carbocycles. The first-order valence-electron chi connectivity index (χ1n) is 4.63. The van der Waals surface area contributed by atoms with Gasteiger partial charge >= 0.3 is 0 Å². The van der Waals surface area contributed by atoms with Crippen LogP contribution < -0.4 is 0 Å². The fourth-order valence-corrected chi connectivity index (χ4v) is 1.63. The van der Waals surface area contributed by atoms with Crippen molar-refractivity contribution in [3.8, 4) is 6.07 Å². The lowest BCUT2D eigenvalue weighted by atomic mass is 10.0. The van der Waals surface area contributed by atoms with Crippen LogP contribution in [0.2, 0.25) is 0 Å². The van der Waals surface area contributed by atoms with Crippen LogP contribution in [-0.4, -0.2) is 4.98 Å². The number of nitriles is 1. The summed E-state index contributed by atoms with van der Waals surface area (Å²) in [7, 11) is 0. The number of hydrogen-bond acceptors (Lipinski definition) is 2. The normalized spacial score (nSPS) is 10.0. The lowest BCUT2D eigenvalue weighted by molar-refractivity contribution is 1.15. The third-order valence-electron chi connectivity index (χ3n) is 2.36. The van der Waals surface area contributed by atoms with Crippen LogP contribution in [0, 0.1) is 11.3 Å². The standard InChI is InChI=1S/C12H10N2/c1-2-9-5-6-10(8-13)12-11(9)4-3-7-14-12/h3-7H,2H2,1H3. The van der Waals surface area contributed by atoms with E-state index in [1.807, 2.05) is 24.3 Å². The van der Waals surface area contributed by atoms with Gasteiger partial charge in [-0.25, -0.2) is 0 Å². The summed E-state index contributed by atoms with van der Waals surface area (Å²) >= 11 is 0. The van der Waals surface area contributed by atoms with E-state index in [1.165, 1.54) is 5.56 Å². The molecule has 0 amide bonds. The summed E-state index contributed by atoms with van der Waals surface area (Å²) in [5.74, 6) is 0. The monoisotopic (exact) mass is 182 g/mol. The smallest absolute Gasteiger partial charge is 0.101 e. The highest BCUT2D eigenvalue weighted by Gasteiger charge is 2.04. The Labute approximate surface area is 82.8 Å². The Morgan fingerprint density at radius 2 is 2.21 bits per heavy atom. The highest BCUT2D eigenvalue weighted by atomic mass is 14.6. The molecule has 0 N–H and O–H groups in total. The molecule has 0 radical (unpaired) electrons. The number of rotatable bonds is 1. The number of fused-ring (bicyclic) bond motifs is 1. The van der Waals surface area contributed by atoms with Gasteiger partial charge in [0, 0.05) is 11.6 Å². The molecule has 1 heterocycles. The first kappa shape index (κ1) is 8.71. The van der Waals surface area contributed by atoms with E-state index < -0.39 is 0 Å². The van der Waals surface area contributed by atoms with Gasteiger partial charge < -0.3 is 0 Å². The van der Waals surface area contributed by atoms with Gasteiger partial charge in [-0.2, -0.15) is 5.26 Å². The Morgan fingerprint density at radius 1 is 1.36 bits per heavy atom. The molecule has 2 rings (SSSR count). The van der Waals surface area contributed by atoms with Crippen LogP contribution in [0.15, 0.2) is 30.5 Å². The second-order valence-corrected chi connectivity index (χ2v) is 3.14. The third-order valence-corrected chi connectivity index (χ3v) is 2.36. The average Bonchev–Trinajstić information content (AvgIpc) is 2.27. The molecule has 2 nitrogen and oxygen atoms in total. The molecule has 2 aromatic rings. The molecule has 0 saturated carbocycles. The van der Waals surface area contributed by atoms with E-state index in [4.69, 9.17) is 5.26 Å². The lowest BCUT2D eigenvalue weighted by Crippen LogP contribution is -1.89. The van der Waals surface area contributed by atoms with Crippen LogP contribution in [-0.2, 0) is 6.42 Å². The molecular formula is C12H10N2. The minimum Gasteiger partial charge on any atom is -0.255 e. The van der Waals surface area contributed by atoms with Crippen LogP contribution in [0.25, 0.3) is 10.9 Å². The molecule has 1 aromatic heterocycles. The SMILES string of the molecule is CCc1ccc(C#N)c2ncccc12. The van der Waals surface area contributed by atoms with E-state index in [0.717, 1.165) is 17.3 Å². The van der Waals surface area contributed by atoms with Crippen LogP contribution in [0.5, 0.6) is 0 Å². The minimum atomic E-state index is 0.651. The Kier molecular flexibility index (Phi) is 2.16. The number of benzene rings is 1. The van der Waals surface area contributed by atoms with E-state index in [1.54, 1.807) is 6.20 Å². The highest BCUT2D eigenvalue weighted by molar-refractivity contribution is 5.86. The zero-order valence-corrected chi connectivity index (χ0v) is 7.99. The molecule has 0 aliphatic rings. The largest absolute Gasteiger partial charge is 0.255 e. The quantitative estimate of drug-likeness (QED) is 0.679. The summed E-state index contributed by atoms with van der Waals surface area (Å²) in [6, 6.07) is 9.92. The second-order valence-electron chi connectivity index (χ2n) is 3.14. The van der Waals surface area contributed by atoms with Crippen molar-refractivity contribution >= 4 is 10.9 Å². The van der Waals surface area contributed by atoms with Crippen molar-refractivity contribution < 1.29 is 0 Å². The Hall–Kier alpha value is -1.88. The zero-order valence-electron chi connectivity index (χ0n) is 7.99. The van der Waals surface area contributed by atoms with Crippen molar-refractivity contribution in [1.82, 2.24) is 4.98 Å². The van der Waals surface area contributed by atoms with Crippen molar-refractivity contribution in [2.24, 2.45) is 0 Å². The van der Waals surface area contributed by atoms with Crippen molar-refractivity contribution in [3.63, 3.8) is 0 Å². The molecule has 0 unspecified atom stereocenters. The summed E-state index contributed by atoms with van der Waals surface area (Å²) in [5.41, 5.74) is 2.71. The second kappa shape index (κ2) is 3.47. The predicted molar refractivity (Wildman–Crippen MR) is 55.8 cm³/mol. The molecule has 0 spiro atoms. The first-order chi connectivity index (χ1) is 6.86. The fraction of sp³-hybridized carbons (Fsp3) is 0.167. The zero-order chi connectivity index (χ0) is 9.97. The molecule has 0 atom stereocenters. The Morgan fingerprint density at radius 3 is 2.93 bits per heavy atom. The van der Waals surface area contributed by atoms with Gasteiger partial charge in [0.2, 0.25) is 0 Å². The van der Waals surface area contributed by atoms with Crippen LogP contribution in [0.1, 0.15) is 18.1 Å². The van der Waals surface area contributed by atoms with Crippen LogP contribution in [0.3, 0.4) is 0 Å². The molecule has 0 bridgehead atoms. The van der Waals surface area contributed by atoms with Crippen LogP contribution in [0.4, 0.5) is 0 Å². The van der Waals surface area contributed by atoms with Gasteiger partial charge in [0.1, 0.15) is 6.07 Å². The predicted octanol–water partition coefficient (Wildman–Crippen LogP) is 2.67. The maximum atomic E-state index is 8.91. The van der Waals surface area contributed by atoms with Crippen molar-refractivity contribution in [2.45, 2.75) is 13.3 Å². The number of nitrogens with zero attached hydrogens (tertiary/aromatic N) is 2. The third kappa shape index (κ3) is 1.23. The van der Waals surface area contributed by atoms with Crippen LogP contribution >= 0.6 is 0 Å². The Bertz CT molecular complexity index is 509. The van der Waals surface area contributed by atoms with Crippen molar-refractivity contribution in [1.29, 1.82) is 5.26 Å². The molecule has 2 heteroatoms. The van der Waals surface area contributed by atoms with E-state index in [-0.39, 0.29) is 0 Å². The van der Waals surface area contributed by atoms with E-state index >= 15 is 0 Å². The summed E-state index contributed by atoms with van der Waals surface area (Å²) in [6.45, 7) is 2.10. The van der Waals surface area contributed by atoms with E-state index in [2.05, 4.69) is 18.0 Å². The average molecular weight is 182 g/mol. The molecule has 0 fully saturated rings. The lowest BCUT2D eigenvalue weighted by Gasteiger charge is -2.03. The van der Waals surface area contributed by atoms with Gasteiger partial charge in [0.25, 0.3) is 0 Å². The summed E-state index contributed by atoms with van der Waals surface area (Å²) in [6.07, 6.45) is 2.69. The van der Waals surface area contributed by atoms with Gasteiger partial charge in [0.15, 0.2) is 0 Å². The maximum absolute atomic E-state index is 8.91. The highest BCUT2D eigenvalue weighted by Crippen LogP contribution is 2.20. The van der Waals surface area contributed by atoms with Gasteiger partial charge in [0.05, 0.1) is 11.1 Å². The number of aryl methyl sites for hydroxylation is 1.